The van der Waals surface area contributed by atoms with Crippen molar-refractivity contribution in [3.05, 3.63) is 12.2 Å². The number of ether oxygens (including phenoxy) is 1. The molecule has 0 aromatic rings. The Morgan fingerprint density at radius 3 is 2.76 bits per heavy atom. The Morgan fingerprint density at radius 2 is 2.06 bits per heavy atom. The molecule has 4 heteroatoms. The molecule has 1 rings (SSSR count). The summed E-state index contributed by atoms with van der Waals surface area (Å²) in [6.45, 7) is 5.81. The van der Waals surface area contributed by atoms with E-state index in [1.165, 1.54) is 0 Å². The van der Waals surface area contributed by atoms with Crippen molar-refractivity contribution in [3.63, 3.8) is 0 Å². The molecular weight excluding hydrogens is 218 g/mol. The predicted molar refractivity (Wildman–Crippen MR) is 65.3 cm³/mol. The second-order valence-corrected chi connectivity index (χ2v) is 5.17. The van der Waals surface area contributed by atoms with Crippen molar-refractivity contribution >= 4 is 11.9 Å². The van der Waals surface area contributed by atoms with Gasteiger partial charge in [0.15, 0.2) is 0 Å². The van der Waals surface area contributed by atoms with Crippen LogP contribution in [0.5, 0.6) is 0 Å². The molecule has 1 atom stereocenters. The van der Waals surface area contributed by atoms with E-state index in [4.69, 9.17) is 4.74 Å². The van der Waals surface area contributed by atoms with Gasteiger partial charge in [-0.05, 0) is 33.6 Å². The zero-order valence-corrected chi connectivity index (χ0v) is 10.8. The van der Waals surface area contributed by atoms with Crippen LogP contribution in [0.4, 0.5) is 0 Å². The molecule has 1 N–H and O–H groups in total. The lowest BCUT2D eigenvalue weighted by molar-refractivity contribution is -0.154. The number of allylic oxidation sites excluding steroid dienone is 2. The van der Waals surface area contributed by atoms with Gasteiger partial charge in [0, 0.05) is 6.42 Å². The Morgan fingerprint density at radius 1 is 1.35 bits per heavy atom. The molecule has 96 valence electrons. The molecule has 1 aliphatic rings. The van der Waals surface area contributed by atoms with Gasteiger partial charge in [-0.25, -0.2) is 0 Å². The summed E-state index contributed by atoms with van der Waals surface area (Å²) in [6, 6.07) is -0.134. The van der Waals surface area contributed by atoms with Gasteiger partial charge in [0.05, 0.1) is 11.5 Å². The number of amides is 1. The molecule has 17 heavy (non-hydrogen) atoms. The number of hydrogen-bond acceptors (Lipinski definition) is 3. The summed E-state index contributed by atoms with van der Waals surface area (Å²) < 4.78 is 5.20. The van der Waals surface area contributed by atoms with Crippen LogP contribution in [0.15, 0.2) is 12.2 Å². The summed E-state index contributed by atoms with van der Waals surface area (Å²) in [7, 11) is 0. The first-order chi connectivity index (χ1) is 7.92. The summed E-state index contributed by atoms with van der Waals surface area (Å²) in [6.07, 6.45) is 5.72. The van der Waals surface area contributed by atoms with Crippen LogP contribution >= 0.6 is 0 Å². The molecule has 0 aromatic carbocycles. The standard InChI is InChI=1S/C13H21NO3/c1-10-9-17-12(16)13(2,3)8-6-4-5-7-11(15)14-10/h4,6,10H,5,7-9H2,1-3H3,(H,14,15)/b6-4-/t10-/m1/s1. The van der Waals surface area contributed by atoms with Crippen molar-refractivity contribution in [2.24, 2.45) is 5.41 Å². The number of esters is 1. The topological polar surface area (TPSA) is 55.4 Å². The Bertz CT molecular complexity index is 321. The highest BCUT2D eigenvalue weighted by Crippen LogP contribution is 2.23. The van der Waals surface area contributed by atoms with Crippen LogP contribution in [0.25, 0.3) is 0 Å². The van der Waals surface area contributed by atoms with Crippen molar-refractivity contribution in [3.8, 4) is 0 Å². The van der Waals surface area contributed by atoms with Crippen LogP contribution < -0.4 is 5.32 Å². The normalized spacial score (nSPS) is 28.3. The van der Waals surface area contributed by atoms with E-state index in [1.54, 1.807) is 0 Å². The van der Waals surface area contributed by atoms with E-state index in [1.807, 2.05) is 32.9 Å². The zero-order chi connectivity index (χ0) is 12.9. The molecule has 1 heterocycles. The number of rotatable bonds is 0. The minimum Gasteiger partial charge on any atom is -0.463 e. The van der Waals surface area contributed by atoms with Crippen LogP contribution in [-0.4, -0.2) is 24.5 Å². The van der Waals surface area contributed by atoms with Gasteiger partial charge in [-0.1, -0.05) is 12.2 Å². The first-order valence-electron chi connectivity index (χ1n) is 6.03. The van der Waals surface area contributed by atoms with Crippen LogP contribution in [0.3, 0.4) is 0 Å². The van der Waals surface area contributed by atoms with Gasteiger partial charge in [-0.15, -0.1) is 0 Å². The van der Waals surface area contributed by atoms with Crippen molar-refractivity contribution in [1.29, 1.82) is 0 Å². The van der Waals surface area contributed by atoms with Crippen LogP contribution in [0.2, 0.25) is 0 Å². The first kappa shape index (κ1) is 13.7. The number of nitrogens with one attached hydrogen (secondary N) is 1. The third-order valence-electron chi connectivity index (χ3n) is 2.76. The lowest BCUT2D eigenvalue weighted by Crippen LogP contribution is -2.38. The number of carbonyl (C=O) groups excluding carboxylic acids is 2. The first-order valence-corrected chi connectivity index (χ1v) is 6.03. The van der Waals surface area contributed by atoms with Gasteiger partial charge in [-0.2, -0.15) is 0 Å². The largest absolute Gasteiger partial charge is 0.463 e. The third kappa shape index (κ3) is 4.59. The van der Waals surface area contributed by atoms with Crippen LogP contribution in [0.1, 0.15) is 40.0 Å². The molecule has 0 aromatic heterocycles. The summed E-state index contributed by atoms with van der Waals surface area (Å²) in [5.41, 5.74) is -0.501. The fraction of sp³-hybridized carbons (Fsp3) is 0.692. The van der Waals surface area contributed by atoms with Gasteiger partial charge >= 0.3 is 5.97 Å². The van der Waals surface area contributed by atoms with Gasteiger partial charge in [0.1, 0.15) is 6.61 Å². The monoisotopic (exact) mass is 239 g/mol. The quantitative estimate of drug-likeness (QED) is 0.518. The maximum absolute atomic E-state index is 11.8. The zero-order valence-electron chi connectivity index (χ0n) is 10.8. The Kier molecular flexibility index (Phi) is 4.73. The summed E-state index contributed by atoms with van der Waals surface area (Å²) in [4.78, 5) is 23.2. The molecule has 1 amide bonds. The van der Waals surface area contributed by atoms with E-state index in [0.29, 0.717) is 19.3 Å². The average Bonchev–Trinajstić information content (AvgIpc) is 2.23. The maximum atomic E-state index is 11.8. The van der Waals surface area contributed by atoms with Crippen molar-refractivity contribution in [2.45, 2.75) is 46.1 Å². The molecule has 1 aliphatic heterocycles. The maximum Gasteiger partial charge on any atom is 0.311 e. The van der Waals surface area contributed by atoms with E-state index in [-0.39, 0.29) is 24.5 Å². The highest BCUT2D eigenvalue weighted by Gasteiger charge is 2.28. The second kappa shape index (κ2) is 5.84. The van der Waals surface area contributed by atoms with Gasteiger partial charge < -0.3 is 10.1 Å². The minimum absolute atomic E-state index is 0.00182. The average molecular weight is 239 g/mol. The molecule has 0 aliphatic carbocycles. The van der Waals surface area contributed by atoms with E-state index in [0.717, 1.165) is 0 Å². The van der Waals surface area contributed by atoms with Crippen LogP contribution in [0, 0.1) is 5.41 Å². The highest BCUT2D eigenvalue weighted by atomic mass is 16.5. The Balaban J connectivity index is 2.70. The van der Waals surface area contributed by atoms with E-state index >= 15 is 0 Å². The number of cyclic esters (lactones) is 1. The smallest absolute Gasteiger partial charge is 0.311 e. The SMILES string of the molecule is C[C@@H]1COC(=O)C(C)(C)C/C=C\CCC(=O)N1. The molecule has 0 unspecified atom stereocenters. The summed E-state index contributed by atoms with van der Waals surface area (Å²) in [5.74, 6) is -0.221. The minimum atomic E-state index is -0.501. The number of hydrogen-bond donors (Lipinski definition) is 1. The lowest BCUT2D eigenvalue weighted by atomic mass is 9.89. The van der Waals surface area contributed by atoms with Crippen LogP contribution in [-0.2, 0) is 14.3 Å². The fourth-order valence-corrected chi connectivity index (χ4v) is 1.58. The summed E-state index contributed by atoms with van der Waals surface area (Å²) in [5, 5.41) is 2.80. The van der Waals surface area contributed by atoms with Gasteiger partial charge in [0.25, 0.3) is 0 Å². The summed E-state index contributed by atoms with van der Waals surface area (Å²) >= 11 is 0. The molecular formula is C13H21NO3. The molecule has 0 saturated heterocycles. The van der Waals surface area contributed by atoms with Crippen molar-refractivity contribution < 1.29 is 14.3 Å². The molecule has 0 spiro atoms. The second-order valence-electron chi connectivity index (χ2n) is 5.17. The van der Waals surface area contributed by atoms with E-state index in [2.05, 4.69) is 5.32 Å². The number of carbonyl (C=O) groups is 2. The third-order valence-corrected chi connectivity index (χ3v) is 2.76. The molecule has 0 saturated carbocycles. The lowest BCUT2D eigenvalue weighted by Gasteiger charge is -2.23. The molecule has 4 nitrogen and oxygen atoms in total. The van der Waals surface area contributed by atoms with Gasteiger partial charge in [-0.3, -0.25) is 9.59 Å². The highest BCUT2D eigenvalue weighted by molar-refractivity contribution is 5.77. The van der Waals surface area contributed by atoms with Gasteiger partial charge in [0.2, 0.25) is 5.91 Å². The predicted octanol–water partition coefficient (Wildman–Crippen LogP) is 1.80. The van der Waals surface area contributed by atoms with Crippen molar-refractivity contribution in [2.75, 3.05) is 6.61 Å². The molecule has 0 fully saturated rings. The molecule has 0 radical (unpaired) electrons. The van der Waals surface area contributed by atoms with E-state index < -0.39 is 5.41 Å². The molecule has 0 bridgehead atoms. The fourth-order valence-electron chi connectivity index (χ4n) is 1.58. The Hall–Kier alpha value is -1.32. The Labute approximate surface area is 102 Å². The van der Waals surface area contributed by atoms with E-state index in [9.17, 15) is 9.59 Å². The van der Waals surface area contributed by atoms with Crippen molar-refractivity contribution in [1.82, 2.24) is 5.32 Å².